The molecule has 25 heavy (non-hydrogen) atoms. The lowest BCUT2D eigenvalue weighted by atomic mass is 10.1. The number of nitrogens with zero attached hydrogens (tertiary/aromatic N) is 1. The lowest BCUT2D eigenvalue weighted by Crippen LogP contribution is -2.34. The van der Waals surface area contributed by atoms with Gasteiger partial charge in [-0.3, -0.25) is 9.59 Å². The summed E-state index contributed by atoms with van der Waals surface area (Å²) < 4.78 is 5.26. The summed E-state index contributed by atoms with van der Waals surface area (Å²) >= 11 is 7.84. The molecule has 0 aliphatic carbocycles. The van der Waals surface area contributed by atoms with E-state index in [0.29, 0.717) is 23.8 Å². The Labute approximate surface area is 155 Å². The first-order valence-electron chi connectivity index (χ1n) is 8.08. The molecule has 0 radical (unpaired) electrons. The maximum Gasteiger partial charge on any atom is 0.227 e. The Bertz CT molecular complexity index is 736. The van der Waals surface area contributed by atoms with E-state index in [2.05, 4.69) is 5.32 Å². The van der Waals surface area contributed by atoms with Crippen LogP contribution in [0.15, 0.2) is 47.1 Å². The molecule has 5 nitrogen and oxygen atoms in total. The first kappa shape index (κ1) is 17.9. The zero-order valence-electron chi connectivity index (χ0n) is 13.6. The number of carbonyl (C=O) groups excluding carboxylic acids is 2. The molecular formula is C18H19ClN2O3S. The van der Waals surface area contributed by atoms with Gasteiger partial charge < -0.3 is 14.6 Å². The fourth-order valence-electron chi connectivity index (χ4n) is 2.74. The first-order valence-corrected chi connectivity index (χ1v) is 9.61. The highest BCUT2D eigenvalue weighted by Crippen LogP contribution is 2.30. The van der Waals surface area contributed by atoms with Crippen LogP contribution >= 0.6 is 23.4 Å². The van der Waals surface area contributed by atoms with E-state index in [1.807, 2.05) is 24.3 Å². The summed E-state index contributed by atoms with van der Waals surface area (Å²) in [6.45, 7) is 0.939. The SMILES string of the molecule is O=C(NCCSCc1ccco1)[C@H]1CC(=O)N(c2ccccc2Cl)C1. The molecule has 1 atom stereocenters. The number of hydrogen-bond acceptors (Lipinski definition) is 4. The number of thioether (sulfide) groups is 1. The molecule has 132 valence electrons. The predicted octanol–water partition coefficient (Wildman–Crippen LogP) is 3.34. The molecule has 0 spiro atoms. The van der Waals surface area contributed by atoms with Crippen LogP contribution in [0.3, 0.4) is 0 Å². The molecule has 1 N–H and O–H groups in total. The molecule has 1 fully saturated rings. The maximum absolute atomic E-state index is 12.3. The second kappa shape index (κ2) is 8.45. The molecule has 0 bridgehead atoms. The number of hydrogen-bond donors (Lipinski definition) is 1. The zero-order chi connectivity index (χ0) is 17.6. The van der Waals surface area contributed by atoms with Crippen LogP contribution in [0.25, 0.3) is 0 Å². The van der Waals surface area contributed by atoms with Gasteiger partial charge in [-0.25, -0.2) is 0 Å². The minimum atomic E-state index is -0.334. The Morgan fingerprint density at radius 1 is 1.32 bits per heavy atom. The topological polar surface area (TPSA) is 62.6 Å². The maximum atomic E-state index is 12.3. The number of carbonyl (C=O) groups is 2. The van der Waals surface area contributed by atoms with Crippen LogP contribution in [-0.2, 0) is 15.3 Å². The molecule has 1 aliphatic heterocycles. The van der Waals surface area contributed by atoms with Crippen molar-refractivity contribution >= 4 is 40.9 Å². The lowest BCUT2D eigenvalue weighted by Gasteiger charge is -2.18. The number of rotatable bonds is 7. The van der Waals surface area contributed by atoms with Gasteiger partial charge in [0.2, 0.25) is 11.8 Å². The highest BCUT2D eigenvalue weighted by atomic mass is 35.5. The van der Waals surface area contributed by atoms with Crippen molar-refractivity contribution in [3.05, 3.63) is 53.4 Å². The van der Waals surface area contributed by atoms with Crippen LogP contribution in [0.5, 0.6) is 0 Å². The number of anilines is 1. The molecule has 0 unspecified atom stereocenters. The van der Waals surface area contributed by atoms with Crippen LogP contribution in [0, 0.1) is 5.92 Å². The van der Waals surface area contributed by atoms with Gasteiger partial charge >= 0.3 is 0 Å². The molecule has 2 aromatic rings. The van der Waals surface area contributed by atoms with E-state index in [-0.39, 0.29) is 24.2 Å². The molecule has 3 rings (SSSR count). The van der Waals surface area contributed by atoms with Gasteiger partial charge in [-0.1, -0.05) is 23.7 Å². The monoisotopic (exact) mass is 378 g/mol. The summed E-state index contributed by atoms with van der Waals surface area (Å²) in [6.07, 6.45) is 1.87. The molecule has 1 aromatic carbocycles. The Morgan fingerprint density at radius 2 is 2.16 bits per heavy atom. The van der Waals surface area contributed by atoms with Gasteiger partial charge in [0.15, 0.2) is 0 Å². The second-order valence-corrected chi connectivity index (χ2v) is 7.29. The van der Waals surface area contributed by atoms with Crippen molar-refractivity contribution in [1.29, 1.82) is 0 Å². The minimum absolute atomic E-state index is 0.0690. The van der Waals surface area contributed by atoms with Gasteiger partial charge in [0.25, 0.3) is 0 Å². The second-order valence-electron chi connectivity index (χ2n) is 5.78. The highest BCUT2D eigenvalue weighted by Gasteiger charge is 2.35. The normalized spacial score (nSPS) is 17.1. The van der Waals surface area contributed by atoms with Crippen molar-refractivity contribution < 1.29 is 14.0 Å². The summed E-state index contributed by atoms with van der Waals surface area (Å²) in [7, 11) is 0. The van der Waals surface area contributed by atoms with E-state index >= 15 is 0 Å². The standard InChI is InChI=1S/C18H19ClN2O3S/c19-15-5-1-2-6-16(15)21-11-13(10-17(21)22)18(23)20-7-9-25-12-14-4-3-8-24-14/h1-6,8,13H,7,9-12H2,(H,20,23)/t13-/m0/s1. The average molecular weight is 379 g/mol. The summed E-state index contributed by atoms with van der Waals surface area (Å²) in [4.78, 5) is 26.1. The van der Waals surface area contributed by atoms with Gasteiger partial charge in [-0.15, -0.1) is 0 Å². The molecule has 1 saturated heterocycles. The smallest absolute Gasteiger partial charge is 0.227 e. The van der Waals surface area contributed by atoms with E-state index in [1.54, 1.807) is 35.1 Å². The van der Waals surface area contributed by atoms with Crippen LogP contribution in [0.4, 0.5) is 5.69 Å². The molecule has 0 saturated carbocycles. The van der Waals surface area contributed by atoms with Crippen LogP contribution in [0.2, 0.25) is 5.02 Å². The number of halogens is 1. The number of amides is 2. The molecule has 2 amide bonds. The summed E-state index contributed by atoms with van der Waals surface area (Å²) in [6, 6.07) is 11.0. The van der Waals surface area contributed by atoms with E-state index < -0.39 is 0 Å². The van der Waals surface area contributed by atoms with Crippen LogP contribution in [-0.4, -0.2) is 30.7 Å². The van der Waals surface area contributed by atoms with Crippen molar-refractivity contribution in [1.82, 2.24) is 5.32 Å². The Balaban J connectivity index is 1.44. The van der Waals surface area contributed by atoms with Crippen molar-refractivity contribution in [2.75, 3.05) is 23.7 Å². The van der Waals surface area contributed by atoms with Crippen molar-refractivity contribution in [3.63, 3.8) is 0 Å². The third kappa shape index (κ3) is 4.58. The van der Waals surface area contributed by atoms with Gasteiger partial charge in [0.1, 0.15) is 5.76 Å². The van der Waals surface area contributed by atoms with Crippen molar-refractivity contribution in [2.45, 2.75) is 12.2 Å². The van der Waals surface area contributed by atoms with Crippen molar-refractivity contribution in [2.24, 2.45) is 5.92 Å². The molecular weight excluding hydrogens is 360 g/mol. The predicted molar refractivity (Wildman–Crippen MR) is 99.8 cm³/mol. The average Bonchev–Trinajstić information content (AvgIpc) is 3.25. The number of para-hydroxylation sites is 1. The quantitative estimate of drug-likeness (QED) is 0.750. The molecule has 2 heterocycles. The summed E-state index contributed by atoms with van der Waals surface area (Å²) in [5.41, 5.74) is 0.665. The fraction of sp³-hybridized carbons (Fsp3) is 0.333. The van der Waals surface area contributed by atoms with Gasteiger partial charge in [-0.2, -0.15) is 11.8 Å². The highest BCUT2D eigenvalue weighted by molar-refractivity contribution is 7.98. The summed E-state index contributed by atoms with van der Waals surface area (Å²) in [5.74, 6) is 2.01. The van der Waals surface area contributed by atoms with Gasteiger partial charge in [0, 0.05) is 25.3 Å². The van der Waals surface area contributed by atoms with Crippen LogP contribution < -0.4 is 10.2 Å². The van der Waals surface area contributed by atoms with E-state index in [0.717, 1.165) is 17.3 Å². The minimum Gasteiger partial charge on any atom is -0.468 e. The number of furan rings is 1. The summed E-state index contributed by atoms with van der Waals surface area (Å²) in [5, 5.41) is 3.43. The van der Waals surface area contributed by atoms with E-state index in [9.17, 15) is 9.59 Å². The third-order valence-electron chi connectivity index (χ3n) is 4.01. The molecule has 1 aromatic heterocycles. The number of nitrogens with one attached hydrogen (secondary N) is 1. The van der Waals surface area contributed by atoms with Crippen molar-refractivity contribution in [3.8, 4) is 0 Å². The number of benzene rings is 1. The van der Waals surface area contributed by atoms with E-state index in [4.69, 9.17) is 16.0 Å². The molecule has 7 heteroatoms. The lowest BCUT2D eigenvalue weighted by molar-refractivity contribution is -0.126. The van der Waals surface area contributed by atoms with E-state index in [1.165, 1.54) is 0 Å². The zero-order valence-corrected chi connectivity index (χ0v) is 15.2. The Hall–Kier alpha value is -1.92. The van der Waals surface area contributed by atoms with Gasteiger partial charge in [0.05, 0.1) is 28.6 Å². The largest absolute Gasteiger partial charge is 0.468 e. The molecule has 1 aliphatic rings. The Morgan fingerprint density at radius 3 is 2.92 bits per heavy atom. The first-order chi connectivity index (χ1) is 12.1. The fourth-order valence-corrected chi connectivity index (χ4v) is 3.74. The van der Waals surface area contributed by atoms with Gasteiger partial charge in [-0.05, 0) is 24.3 Å². The van der Waals surface area contributed by atoms with Crippen LogP contribution in [0.1, 0.15) is 12.2 Å². The third-order valence-corrected chi connectivity index (χ3v) is 5.31. The Kier molecular flexibility index (Phi) is 6.04.